The van der Waals surface area contributed by atoms with E-state index >= 15 is 0 Å². The molecular formula is C14H13NO2. The van der Waals surface area contributed by atoms with Crippen LogP contribution in [0.4, 0.5) is 5.69 Å². The van der Waals surface area contributed by atoms with Crippen molar-refractivity contribution in [3.8, 4) is 11.1 Å². The molecule has 0 heterocycles. The number of rotatable bonds is 3. The van der Waals surface area contributed by atoms with Crippen LogP contribution in [0.25, 0.3) is 11.1 Å². The molecular weight excluding hydrogens is 214 g/mol. The topological polar surface area (TPSA) is 43.1 Å². The van der Waals surface area contributed by atoms with Gasteiger partial charge in [-0.15, -0.1) is 0 Å². The Morgan fingerprint density at radius 1 is 0.941 bits per heavy atom. The second-order valence-corrected chi connectivity index (χ2v) is 3.85. The van der Waals surface area contributed by atoms with E-state index in [1.807, 2.05) is 12.1 Å². The first-order chi connectivity index (χ1) is 8.20. The third-order valence-corrected chi connectivity index (χ3v) is 2.77. The number of nitro groups is 1. The molecule has 0 spiro atoms. The molecule has 17 heavy (non-hydrogen) atoms. The monoisotopic (exact) mass is 227 g/mol. The lowest BCUT2D eigenvalue weighted by atomic mass is 10.0. The molecule has 0 saturated carbocycles. The lowest BCUT2D eigenvalue weighted by Gasteiger charge is -2.02. The molecule has 0 atom stereocenters. The molecule has 3 nitrogen and oxygen atoms in total. The fraction of sp³-hybridized carbons (Fsp3) is 0.143. The molecule has 0 amide bonds. The standard InChI is InChI=1S/C14H13NO2/c1-2-11-3-5-12(6-4-11)13-7-9-14(10-8-13)15(16)17/h3-10H,2H2,1H3. The van der Waals surface area contributed by atoms with E-state index in [9.17, 15) is 10.1 Å². The van der Waals surface area contributed by atoms with Crippen molar-refractivity contribution in [3.63, 3.8) is 0 Å². The third kappa shape index (κ3) is 2.50. The number of aryl methyl sites for hydroxylation is 1. The molecule has 2 rings (SSSR count). The van der Waals surface area contributed by atoms with Gasteiger partial charge in [0.15, 0.2) is 0 Å². The number of hydrogen-bond donors (Lipinski definition) is 0. The Kier molecular flexibility index (Phi) is 3.19. The molecule has 0 fully saturated rings. The summed E-state index contributed by atoms with van der Waals surface area (Å²) in [6.45, 7) is 2.11. The van der Waals surface area contributed by atoms with Gasteiger partial charge in [0.05, 0.1) is 4.92 Å². The summed E-state index contributed by atoms with van der Waals surface area (Å²) in [6, 6.07) is 14.9. The van der Waals surface area contributed by atoms with Crippen molar-refractivity contribution in [1.29, 1.82) is 0 Å². The molecule has 2 aromatic rings. The summed E-state index contributed by atoms with van der Waals surface area (Å²) in [5.74, 6) is 0. The van der Waals surface area contributed by atoms with Gasteiger partial charge in [0.1, 0.15) is 0 Å². The van der Waals surface area contributed by atoms with Gasteiger partial charge in [0.2, 0.25) is 0 Å². The predicted octanol–water partition coefficient (Wildman–Crippen LogP) is 3.82. The van der Waals surface area contributed by atoms with Gasteiger partial charge < -0.3 is 0 Å². The molecule has 2 aromatic carbocycles. The molecule has 0 saturated heterocycles. The van der Waals surface area contributed by atoms with Gasteiger partial charge in [-0.25, -0.2) is 0 Å². The summed E-state index contributed by atoms with van der Waals surface area (Å²) in [7, 11) is 0. The first kappa shape index (κ1) is 11.3. The van der Waals surface area contributed by atoms with Crippen LogP contribution in [-0.4, -0.2) is 4.92 Å². The van der Waals surface area contributed by atoms with E-state index in [0.29, 0.717) is 0 Å². The summed E-state index contributed by atoms with van der Waals surface area (Å²) in [4.78, 5) is 10.2. The van der Waals surface area contributed by atoms with E-state index in [1.54, 1.807) is 12.1 Å². The first-order valence-electron chi connectivity index (χ1n) is 5.54. The second-order valence-electron chi connectivity index (χ2n) is 3.85. The lowest BCUT2D eigenvalue weighted by Crippen LogP contribution is -1.87. The smallest absolute Gasteiger partial charge is 0.258 e. The Bertz CT molecular complexity index is 515. The molecule has 0 aromatic heterocycles. The minimum Gasteiger partial charge on any atom is -0.258 e. The fourth-order valence-electron chi connectivity index (χ4n) is 1.71. The maximum absolute atomic E-state index is 10.5. The van der Waals surface area contributed by atoms with Gasteiger partial charge in [0.25, 0.3) is 5.69 Å². The van der Waals surface area contributed by atoms with Crippen LogP contribution in [0.15, 0.2) is 48.5 Å². The van der Waals surface area contributed by atoms with Crippen LogP contribution in [0.2, 0.25) is 0 Å². The fourth-order valence-corrected chi connectivity index (χ4v) is 1.71. The van der Waals surface area contributed by atoms with E-state index in [4.69, 9.17) is 0 Å². The van der Waals surface area contributed by atoms with Gasteiger partial charge in [-0.3, -0.25) is 10.1 Å². The van der Waals surface area contributed by atoms with Crippen molar-refractivity contribution in [3.05, 3.63) is 64.2 Å². The summed E-state index contributed by atoms with van der Waals surface area (Å²) >= 11 is 0. The summed E-state index contributed by atoms with van der Waals surface area (Å²) < 4.78 is 0. The highest BCUT2D eigenvalue weighted by molar-refractivity contribution is 5.64. The minimum absolute atomic E-state index is 0.124. The number of nitro benzene ring substituents is 1. The maximum atomic E-state index is 10.5. The molecule has 0 aliphatic rings. The van der Waals surface area contributed by atoms with E-state index < -0.39 is 0 Å². The van der Waals surface area contributed by atoms with E-state index in [2.05, 4.69) is 19.1 Å². The number of benzene rings is 2. The maximum Gasteiger partial charge on any atom is 0.269 e. The van der Waals surface area contributed by atoms with Crippen LogP contribution in [0.5, 0.6) is 0 Å². The van der Waals surface area contributed by atoms with Crippen molar-refractivity contribution in [2.24, 2.45) is 0 Å². The molecule has 0 N–H and O–H groups in total. The molecule has 0 aliphatic heterocycles. The largest absolute Gasteiger partial charge is 0.269 e. The van der Waals surface area contributed by atoms with E-state index in [-0.39, 0.29) is 10.6 Å². The van der Waals surface area contributed by atoms with Crippen molar-refractivity contribution >= 4 is 5.69 Å². The third-order valence-electron chi connectivity index (χ3n) is 2.77. The number of non-ortho nitro benzene ring substituents is 1. The SMILES string of the molecule is CCc1ccc(-c2ccc([N+](=O)[O-])cc2)cc1. The van der Waals surface area contributed by atoms with Gasteiger partial charge in [-0.05, 0) is 35.2 Å². The van der Waals surface area contributed by atoms with Crippen LogP contribution in [0.3, 0.4) is 0 Å². The van der Waals surface area contributed by atoms with Gasteiger partial charge in [-0.1, -0.05) is 31.2 Å². The Balaban J connectivity index is 2.29. The summed E-state index contributed by atoms with van der Waals surface area (Å²) in [5, 5.41) is 10.5. The average molecular weight is 227 g/mol. The molecule has 86 valence electrons. The van der Waals surface area contributed by atoms with Gasteiger partial charge in [-0.2, -0.15) is 0 Å². The van der Waals surface area contributed by atoms with Crippen LogP contribution in [0, 0.1) is 10.1 Å². The van der Waals surface area contributed by atoms with Crippen LogP contribution in [0.1, 0.15) is 12.5 Å². The van der Waals surface area contributed by atoms with E-state index in [0.717, 1.165) is 17.5 Å². The normalized spacial score (nSPS) is 10.2. The van der Waals surface area contributed by atoms with E-state index in [1.165, 1.54) is 17.7 Å². The highest BCUT2D eigenvalue weighted by Gasteiger charge is 2.04. The predicted molar refractivity (Wildman–Crippen MR) is 67.9 cm³/mol. The molecule has 0 aliphatic carbocycles. The highest BCUT2D eigenvalue weighted by atomic mass is 16.6. The molecule has 0 bridgehead atoms. The average Bonchev–Trinajstić information content (AvgIpc) is 2.39. The second kappa shape index (κ2) is 4.78. The van der Waals surface area contributed by atoms with Crippen molar-refractivity contribution < 1.29 is 4.92 Å². The molecule has 3 heteroatoms. The zero-order chi connectivity index (χ0) is 12.3. The number of hydrogen-bond acceptors (Lipinski definition) is 2. The van der Waals surface area contributed by atoms with Crippen molar-refractivity contribution in [2.75, 3.05) is 0 Å². The zero-order valence-electron chi connectivity index (χ0n) is 9.59. The zero-order valence-corrected chi connectivity index (χ0v) is 9.59. The van der Waals surface area contributed by atoms with Gasteiger partial charge in [0, 0.05) is 12.1 Å². The Morgan fingerprint density at radius 2 is 1.41 bits per heavy atom. The Hall–Kier alpha value is -2.16. The minimum atomic E-state index is -0.385. The highest BCUT2D eigenvalue weighted by Crippen LogP contribution is 2.22. The molecule has 0 radical (unpaired) electrons. The van der Waals surface area contributed by atoms with Crippen molar-refractivity contribution in [2.45, 2.75) is 13.3 Å². The van der Waals surface area contributed by atoms with Crippen molar-refractivity contribution in [1.82, 2.24) is 0 Å². The summed E-state index contributed by atoms with van der Waals surface area (Å²) in [6.07, 6.45) is 1.01. The Morgan fingerprint density at radius 3 is 1.82 bits per heavy atom. The van der Waals surface area contributed by atoms with Crippen LogP contribution >= 0.6 is 0 Å². The lowest BCUT2D eigenvalue weighted by molar-refractivity contribution is -0.384. The number of nitrogens with zero attached hydrogens (tertiary/aromatic N) is 1. The molecule has 0 unspecified atom stereocenters. The van der Waals surface area contributed by atoms with Crippen LogP contribution < -0.4 is 0 Å². The van der Waals surface area contributed by atoms with Crippen LogP contribution in [-0.2, 0) is 6.42 Å². The summed E-state index contributed by atoms with van der Waals surface area (Å²) in [5.41, 5.74) is 3.49. The van der Waals surface area contributed by atoms with Gasteiger partial charge >= 0.3 is 0 Å². The quantitative estimate of drug-likeness (QED) is 0.590. The first-order valence-corrected chi connectivity index (χ1v) is 5.54. The Labute approximate surface area is 99.9 Å².